The zero-order chi connectivity index (χ0) is 22.8. The van der Waals surface area contributed by atoms with Crippen LogP contribution in [0.4, 0.5) is 0 Å². The second kappa shape index (κ2) is 9.22. The van der Waals surface area contributed by atoms with Crippen molar-refractivity contribution in [2.24, 2.45) is 5.92 Å². The highest BCUT2D eigenvalue weighted by Crippen LogP contribution is 2.30. The van der Waals surface area contributed by atoms with Crippen LogP contribution in [0.15, 0.2) is 41.8 Å². The number of aryl methyl sites for hydroxylation is 1. The highest BCUT2D eigenvalue weighted by Gasteiger charge is 2.28. The number of esters is 1. The third-order valence-electron chi connectivity index (χ3n) is 6.63. The number of carbonyl (C=O) groups is 2. The summed E-state index contributed by atoms with van der Waals surface area (Å²) >= 11 is 0. The van der Waals surface area contributed by atoms with Crippen molar-refractivity contribution in [1.29, 1.82) is 0 Å². The SMILES string of the molecule is Cc1nc(-n2cnnn2)ccc1CC(=O)N1CCN(CCC2C=C3COC(=O)C3=CC2)CC1. The fourth-order valence-corrected chi connectivity index (χ4v) is 4.61. The van der Waals surface area contributed by atoms with E-state index in [1.54, 1.807) is 0 Å². The minimum atomic E-state index is -0.185. The molecule has 0 saturated carbocycles. The van der Waals surface area contributed by atoms with Gasteiger partial charge in [-0.2, -0.15) is 4.68 Å². The number of hydrogen-bond donors (Lipinski definition) is 0. The minimum absolute atomic E-state index is 0.135. The molecule has 4 heterocycles. The van der Waals surface area contributed by atoms with Crippen LogP contribution in [0.2, 0.25) is 0 Å². The van der Waals surface area contributed by atoms with Crippen molar-refractivity contribution in [1.82, 2.24) is 35.0 Å². The maximum absolute atomic E-state index is 12.9. The number of cyclic esters (lactones) is 1. The zero-order valence-corrected chi connectivity index (χ0v) is 18.7. The molecule has 33 heavy (non-hydrogen) atoms. The summed E-state index contributed by atoms with van der Waals surface area (Å²) in [6, 6.07) is 3.76. The molecule has 0 radical (unpaired) electrons. The maximum atomic E-state index is 12.9. The highest BCUT2D eigenvalue weighted by atomic mass is 16.5. The molecule has 1 amide bonds. The van der Waals surface area contributed by atoms with Crippen molar-refractivity contribution in [3.8, 4) is 5.82 Å². The Balaban J connectivity index is 1.08. The van der Waals surface area contributed by atoms with Crippen LogP contribution in [0.3, 0.4) is 0 Å². The molecule has 10 nitrogen and oxygen atoms in total. The van der Waals surface area contributed by atoms with Gasteiger partial charge in [-0.1, -0.05) is 18.2 Å². The smallest absolute Gasteiger partial charge is 0.338 e. The third-order valence-corrected chi connectivity index (χ3v) is 6.63. The van der Waals surface area contributed by atoms with Crippen molar-refractivity contribution in [3.63, 3.8) is 0 Å². The Morgan fingerprint density at radius 3 is 2.82 bits per heavy atom. The van der Waals surface area contributed by atoms with Crippen LogP contribution in [0.25, 0.3) is 5.82 Å². The average Bonchev–Trinajstić information content (AvgIpc) is 3.50. The zero-order valence-electron chi connectivity index (χ0n) is 18.7. The van der Waals surface area contributed by atoms with Crippen LogP contribution < -0.4 is 0 Å². The van der Waals surface area contributed by atoms with Gasteiger partial charge in [0.2, 0.25) is 5.91 Å². The van der Waals surface area contributed by atoms with Gasteiger partial charge < -0.3 is 9.64 Å². The van der Waals surface area contributed by atoms with Gasteiger partial charge in [0.1, 0.15) is 12.9 Å². The fourth-order valence-electron chi connectivity index (χ4n) is 4.61. The largest absolute Gasteiger partial charge is 0.457 e. The summed E-state index contributed by atoms with van der Waals surface area (Å²) in [7, 11) is 0. The summed E-state index contributed by atoms with van der Waals surface area (Å²) in [6.45, 7) is 6.56. The second-order valence-corrected chi connectivity index (χ2v) is 8.74. The van der Waals surface area contributed by atoms with E-state index in [2.05, 4.69) is 31.5 Å². The number of aromatic nitrogens is 5. The van der Waals surface area contributed by atoms with Crippen molar-refractivity contribution in [2.45, 2.75) is 26.2 Å². The third kappa shape index (κ3) is 4.70. The number of carbonyl (C=O) groups excluding carboxylic acids is 2. The molecule has 5 rings (SSSR count). The van der Waals surface area contributed by atoms with Gasteiger partial charge in [-0.25, -0.2) is 9.78 Å². The van der Waals surface area contributed by atoms with Gasteiger partial charge in [0.25, 0.3) is 0 Å². The van der Waals surface area contributed by atoms with Crippen LogP contribution in [0.1, 0.15) is 24.1 Å². The molecule has 0 aromatic carbocycles. The summed E-state index contributed by atoms with van der Waals surface area (Å²) in [5, 5.41) is 11.1. The quantitative estimate of drug-likeness (QED) is 0.598. The predicted octanol–water partition coefficient (Wildman–Crippen LogP) is 0.872. The lowest BCUT2D eigenvalue weighted by Gasteiger charge is -2.35. The van der Waals surface area contributed by atoms with Crippen LogP contribution in [0.5, 0.6) is 0 Å². The van der Waals surface area contributed by atoms with E-state index in [1.807, 2.05) is 30.0 Å². The number of amides is 1. The number of rotatable bonds is 6. The van der Waals surface area contributed by atoms with Gasteiger partial charge in [0.15, 0.2) is 5.82 Å². The molecule has 1 atom stereocenters. The van der Waals surface area contributed by atoms with E-state index in [9.17, 15) is 9.59 Å². The number of fused-ring (bicyclic) bond motifs is 1. The van der Waals surface area contributed by atoms with Crippen molar-refractivity contribution in [2.75, 3.05) is 39.3 Å². The molecule has 2 aromatic rings. The molecular formula is C23H27N7O3. The number of pyridine rings is 1. The molecule has 10 heteroatoms. The first-order valence-electron chi connectivity index (χ1n) is 11.3. The monoisotopic (exact) mass is 449 g/mol. The van der Waals surface area contributed by atoms with Crippen LogP contribution in [0, 0.1) is 12.8 Å². The van der Waals surface area contributed by atoms with Crippen molar-refractivity contribution < 1.29 is 14.3 Å². The summed E-state index contributed by atoms with van der Waals surface area (Å²) < 4.78 is 6.61. The molecule has 3 aliphatic rings. The van der Waals surface area contributed by atoms with E-state index in [1.165, 1.54) is 11.0 Å². The molecule has 2 aliphatic heterocycles. The van der Waals surface area contributed by atoms with E-state index >= 15 is 0 Å². The first kappa shape index (κ1) is 21.4. The van der Waals surface area contributed by atoms with E-state index in [4.69, 9.17) is 4.74 Å². The van der Waals surface area contributed by atoms with E-state index < -0.39 is 0 Å². The Hall–Kier alpha value is -3.40. The highest BCUT2D eigenvalue weighted by molar-refractivity contribution is 5.96. The number of allylic oxidation sites excluding steroid dienone is 2. The summed E-state index contributed by atoms with van der Waals surface area (Å²) in [6.07, 6.45) is 8.02. The van der Waals surface area contributed by atoms with E-state index in [0.717, 1.165) is 68.0 Å². The lowest BCUT2D eigenvalue weighted by Crippen LogP contribution is -2.49. The molecule has 2 saturated heterocycles. The maximum Gasteiger partial charge on any atom is 0.338 e. The van der Waals surface area contributed by atoms with Gasteiger partial charge in [0, 0.05) is 31.9 Å². The van der Waals surface area contributed by atoms with E-state index in [0.29, 0.717) is 24.8 Å². The van der Waals surface area contributed by atoms with Gasteiger partial charge in [-0.3, -0.25) is 9.69 Å². The first-order chi connectivity index (χ1) is 16.1. The first-order valence-corrected chi connectivity index (χ1v) is 11.3. The van der Waals surface area contributed by atoms with Gasteiger partial charge in [0.05, 0.1) is 12.0 Å². The van der Waals surface area contributed by atoms with Gasteiger partial charge in [-0.05, 0) is 59.9 Å². The van der Waals surface area contributed by atoms with Crippen molar-refractivity contribution >= 4 is 11.9 Å². The number of nitrogens with zero attached hydrogens (tertiary/aromatic N) is 7. The molecule has 1 aliphatic carbocycles. The van der Waals surface area contributed by atoms with Gasteiger partial charge >= 0.3 is 5.97 Å². The van der Waals surface area contributed by atoms with Gasteiger partial charge in [-0.15, -0.1) is 5.10 Å². The Bertz CT molecular complexity index is 1100. The normalized spacial score (nSPS) is 20.8. The summed E-state index contributed by atoms with van der Waals surface area (Å²) in [5.41, 5.74) is 3.53. The molecule has 2 fully saturated rings. The number of tetrazole rings is 1. The fraction of sp³-hybridized carbons (Fsp3) is 0.478. The Kier molecular flexibility index (Phi) is 5.99. The molecule has 0 N–H and O–H groups in total. The Morgan fingerprint density at radius 2 is 2.06 bits per heavy atom. The topological polar surface area (TPSA) is 106 Å². The van der Waals surface area contributed by atoms with Crippen LogP contribution in [-0.4, -0.2) is 86.2 Å². The van der Waals surface area contributed by atoms with E-state index in [-0.39, 0.29) is 11.9 Å². The second-order valence-electron chi connectivity index (χ2n) is 8.74. The minimum Gasteiger partial charge on any atom is -0.457 e. The molecule has 1 unspecified atom stereocenters. The molecule has 0 bridgehead atoms. The average molecular weight is 450 g/mol. The lowest BCUT2D eigenvalue weighted by atomic mass is 9.89. The predicted molar refractivity (Wildman–Crippen MR) is 118 cm³/mol. The Morgan fingerprint density at radius 1 is 1.21 bits per heavy atom. The summed E-state index contributed by atoms with van der Waals surface area (Å²) in [5.74, 6) is 1.03. The lowest BCUT2D eigenvalue weighted by molar-refractivity contribution is -0.135. The Labute approximate surface area is 191 Å². The molecular weight excluding hydrogens is 422 g/mol. The molecule has 172 valence electrons. The number of ether oxygens (including phenoxy) is 1. The summed E-state index contributed by atoms with van der Waals surface area (Å²) in [4.78, 5) is 33.4. The van der Waals surface area contributed by atoms with Crippen LogP contribution in [-0.2, 0) is 20.7 Å². The number of piperazine rings is 1. The van der Waals surface area contributed by atoms with Crippen molar-refractivity contribution in [3.05, 3.63) is 53.0 Å². The standard InChI is InChI=1S/C23H27N7O3/c1-16-18(3-5-21(25-16)30-15-24-26-27-30)13-22(31)29-10-8-28(9-11-29)7-6-17-2-4-20-19(12-17)14-33-23(20)32/h3-5,12,15,17H,2,6-11,13-14H2,1H3. The molecule has 0 spiro atoms. The number of hydrogen-bond acceptors (Lipinski definition) is 8. The van der Waals surface area contributed by atoms with Crippen LogP contribution >= 0.6 is 0 Å². The molecule has 2 aromatic heterocycles.